The number of hydrogen-bond acceptors (Lipinski definition) is 3. The third kappa shape index (κ3) is 5.00. The van der Waals surface area contributed by atoms with Crippen molar-refractivity contribution in [1.82, 2.24) is 0 Å². The Morgan fingerprint density at radius 2 is 1.89 bits per heavy atom. The van der Waals surface area contributed by atoms with Gasteiger partial charge in [-0.25, -0.2) is 4.79 Å². The van der Waals surface area contributed by atoms with Gasteiger partial charge in [0.1, 0.15) is 0 Å². The molecule has 1 unspecified atom stereocenters. The van der Waals surface area contributed by atoms with Crippen molar-refractivity contribution < 1.29 is 13.7 Å². The minimum atomic E-state index is -0.827. The highest BCUT2D eigenvalue weighted by Gasteiger charge is 2.07. The third-order valence-corrected chi connectivity index (χ3v) is 3.97. The molecule has 0 N–H and O–H groups in total. The maximum Gasteiger partial charge on any atom is 0.337 e. The minimum Gasteiger partial charge on any atom is -0.465 e. The Labute approximate surface area is 111 Å². The standard InChI is InChI=1S/C14H20O3S/c1-11(2)8-9-18(16)10-12-4-6-13(7-5-12)14(15)17-3/h4-7,11H,8-10H2,1-3H3. The van der Waals surface area contributed by atoms with E-state index in [1.165, 1.54) is 7.11 Å². The van der Waals surface area contributed by atoms with Crippen molar-refractivity contribution in [3.8, 4) is 0 Å². The third-order valence-electron chi connectivity index (χ3n) is 2.63. The Hall–Kier alpha value is -1.16. The lowest BCUT2D eigenvalue weighted by Gasteiger charge is -2.05. The predicted octanol–water partition coefficient (Wildman–Crippen LogP) is 2.77. The van der Waals surface area contributed by atoms with Gasteiger partial charge in [0.25, 0.3) is 0 Å². The van der Waals surface area contributed by atoms with Crippen LogP contribution in [-0.4, -0.2) is 23.0 Å². The molecule has 4 heteroatoms. The molecule has 18 heavy (non-hydrogen) atoms. The van der Waals surface area contributed by atoms with Crippen LogP contribution in [0.2, 0.25) is 0 Å². The zero-order valence-electron chi connectivity index (χ0n) is 11.1. The van der Waals surface area contributed by atoms with Crippen molar-refractivity contribution in [2.75, 3.05) is 12.9 Å². The summed E-state index contributed by atoms with van der Waals surface area (Å²) in [5.41, 5.74) is 1.51. The van der Waals surface area contributed by atoms with Crippen molar-refractivity contribution in [3.05, 3.63) is 35.4 Å². The molecule has 0 fully saturated rings. The second kappa shape index (κ2) is 7.31. The Kier molecular flexibility index (Phi) is 6.05. The molecule has 1 rings (SSSR count). The zero-order valence-corrected chi connectivity index (χ0v) is 12.0. The fraction of sp³-hybridized carbons (Fsp3) is 0.500. The van der Waals surface area contributed by atoms with Gasteiger partial charge in [-0.15, -0.1) is 0 Å². The number of carbonyl (C=O) groups excluding carboxylic acids is 1. The Morgan fingerprint density at radius 3 is 2.39 bits per heavy atom. The van der Waals surface area contributed by atoms with E-state index in [2.05, 4.69) is 18.6 Å². The van der Waals surface area contributed by atoms with E-state index in [0.29, 0.717) is 17.2 Å². The van der Waals surface area contributed by atoms with E-state index >= 15 is 0 Å². The number of benzene rings is 1. The largest absolute Gasteiger partial charge is 0.465 e. The topological polar surface area (TPSA) is 43.4 Å². The van der Waals surface area contributed by atoms with Crippen molar-refractivity contribution >= 4 is 16.8 Å². The first-order valence-electron chi connectivity index (χ1n) is 6.05. The summed E-state index contributed by atoms with van der Waals surface area (Å²) in [6.07, 6.45) is 0.979. The van der Waals surface area contributed by atoms with Gasteiger partial charge in [-0.1, -0.05) is 26.0 Å². The molecule has 0 bridgehead atoms. The van der Waals surface area contributed by atoms with E-state index in [1.54, 1.807) is 12.1 Å². The minimum absolute atomic E-state index is 0.345. The summed E-state index contributed by atoms with van der Waals surface area (Å²) in [7, 11) is 0.531. The van der Waals surface area contributed by atoms with Crippen LogP contribution >= 0.6 is 0 Å². The number of methoxy groups -OCH3 is 1. The summed E-state index contributed by atoms with van der Waals surface area (Å²) in [5, 5.41) is 0. The van der Waals surface area contributed by atoms with Crippen molar-refractivity contribution in [1.29, 1.82) is 0 Å². The smallest absolute Gasteiger partial charge is 0.337 e. The van der Waals surface area contributed by atoms with Crippen LogP contribution in [0.1, 0.15) is 36.2 Å². The summed E-state index contributed by atoms with van der Waals surface area (Å²) < 4.78 is 16.4. The summed E-state index contributed by atoms with van der Waals surface area (Å²) >= 11 is 0. The summed E-state index contributed by atoms with van der Waals surface area (Å²) in [4.78, 5) is 11.2. The molecule has 0 aliphatic carbocycles. The molecular weight excluding hydrogens is 248 g/mol. The van der Waals surface area contributed by atoms with Crippen molar-refractivity contribution in [2.24, 2.45) is 5.92 Å². The molecule has 100 valence electrons. The Balaban J connectivity index is 2.53. The van der Waals surface area contributed by atoms with E-state index < -0.39 is 10.8 Å². The second-order valence-corrected chi connectivity index (χ2v) is 6.24. The Morgan fingerprint density at radius 1 is 1.28 bits per heavy atom. The Bertz CT molecular complexity index is 410. The molecule has 0 heterocycles. The van der Waals surface area contributed by atoms with Gasteiger partial charge < -0.3 is 4.74 Å². The second-order valence-electron chi connectivity index (χ2n) is 4.66. The maximum atomic E-state index is 11.8. The average molecular weight is 268 g/mol. The first-order valence-corrected chi connectivity index (χ1v) is 7.54. The van der Waals surface area contributed by atoms with Gasteiger partial charge >= 0.3 is 5.97 Å². The SMILES string of the molecule is COC(=O)c1ccc(CS(=O)CCC(C)C)cc1. The highest BCUT2D eigenvalue weighted by atomic mass is 32.2. The van der Waals surface area contributed by atoms with Crippen LogP contribution in [0.25, 0.3) is 0 Å². The zero-order chi connectivity index (χ0) is 13.5. The fourth-order valence-corrected chi connectivity index (χ4v) is 2.92. The molecule has 0 saturated heterocycles. The lowest BCUT2D eigenvalue weighted by molar-refractivity contribution is 0.0600. The number of hydrogen-bond donors (Lipinski definition) is 0. The molecule has 0 amide bonds. The van der Waals surface area contributed by atoms with E-state index in [-0.39, 0.29) is 5.97 Å². The first kappa shape index (κ1) is 14.9. The van der Waals surface area contributed by atoms with E-state index in [1.807, 2.05) is 12.1 Å². The summed E-state index contributed by atoms with van der Waals surface area (Å²) in [5.74, 6) is 1.52. The van der Waals surface area contributed by atoms with Gasteiger partial charge in [-0.05, 0) is 30.0 Å². The van der Waals surface area contributed by atoms with Gasteiger partial charge in [0.05, 0.1) is 12.7 Å². The predicted molar refractivity (Wildman–Crippen MR) is 73.9 cm³/mol. The van der Waals surface area contributed by atoms with Crippen LogP contribution in [0.15, 0.2) is 24.3 Å². The highest BCUT2D eigenvalue weighted by Crippen LogP contribution is 2.10. The van der Waals surface area contributed by atoms with Gasteiger partial charge in [-0.2, -0.15) is 0 Å². The van der Waals surface area contributed by atoms with E-state index in [9.17, 15) is 9.00 Å². The molecular formula is C14H20O3S. The molecule has 0 spiro atoms. The molecule has 0 aromatic heterocycles. The number of esters is 1. The van der Waals surface area contributed by atoms with Crippen LogP contribution < -0.4 is 0 Å². The van der Waals surface area contributed by atoms with Crippen molar-refractivity contribution in [3.63, 3.8) is 0 Å². The number of carbonyl (C=O) groups is 1. The molecule has 3 nitrogen and oxygen atoms in total. The first-order chi connectivity index (χ1) is 8.52. The van der Waals surface area contributed by atoms with Gasteiger partial charge in [0.15, 0.2) is 0 Å². The lowest BCUT2D eigenvalue weighted by Crippen LogP contribution is -2.05. The molecule has 1 aromatic carbocycles. The van der Waals surface area contributed by atoms with E-state index in [4.69, 9.17) is 0 Å². The average Bonchev–Trinajstić information content (AvgIpc) is 2.36. The molecule has 0 saturated carbocycles. The van der Waals surface area contributed by atoms with Crippen LogP contribution in [-0.2, 0) is 21.3 Å². The number of rotatable bonds is 6. The van der Waals surface area contributed by atoms with Crippen LogP contribution in [0.3, 0.4) is 0 Å². The molecule has 0 aliphatic heterocycles. The maximum absolute atomic E-state index is 11.8. The molecule has 1 aromatic rings. The van der Waals surface area contributed by atoms with Gasteiger partial charge in [0.2, 0.25) is 0 Å². The lowest BCUT2D eigenvalue weighted by atomic mass is 10.1. The normalized spacial score (nSPS) is 12.4. The summed E-state index contributed by atoms with van der Waals surface area (Å²) in [6.45, 7) is 4.25. The van der Waals surface area contributed by atoms with Crippen LogP contribution in [0, 0.1) is 5.92 Å². The monoisotopic (exact) mass is 268 g/mol. The molecule has 1 atom stereocenters. The molecule has 0 radical (unpaired) electrons. The van der Waals surface area contributed by atoms with Crippen LogP contribution in [0.5, 0.6) is 0 Å². The van der Waals surface area contributed by atoms with Gasteiger partial charge in [-0.3, -0.25) is 4.21 Å². The van der Waals surface area contributed by atoms with Crippen LogP contribution in [0.4, 0.5) is 0 Å². The summed E-state index contributed by atoms with van der Waals surface area (Å²) in [6, 6.07) is 7.08. The van der Waals surface area contributed by atoms with Crippen molar-refractivity contribution in [2.45, 2.75) is 26.0 Å². The molecule has 0 aliphatic rings. The fourth-order valence-electron chi connectivity index (χ4n) is 1.48. The van der Waals surface area contributed by atoms with Gasteiger partial charge in [0, 0.05) is 22.3 Å². The highest BCUT2D eigenvalue weighted by molar-refractivity contribution is 7.84. The van der Waals surface area contributed by atoms with E-state index in [0.717, 1.165) is 17.7 Å². The quantitative estimate of drug-likeness (QED) is 0.745. The number of ether oxygens (including phenoxy) is 1.